The van der Waals surface area contributed by atoms with Crippen LogP contribution in [-0.2, 0) is 10.3 Å². The molecule has 0 saturated carbocycles. The smallest absolute Gasteiger partial charge is 0.137 e. The van der Waals surface area contributed by atoms with Gasteiger partial charge in [0.1, 0.15) is 11.4 Å². The summed E-state index contributed by atoms with van der Waals surface area (Å²) < 4.78 is 10.2. The lowest BCUT2D eigenvalue weighted by Gasteiger charge is -2.23. The van der Waals surface area contributed by atoms with E-state index >= 15 is 0 Å². The highest BCUT2D eigenvalue weighted by atomic mass is 16.5. The van der Waals surface area contributed by atoms with Crippen molar-refractivity contribution < 1.29 is 14.6 Å². The van der Waals surface area contributed by atoms with Crippen LogP contribution in [0.15, 0.2) is 18.5 Å². The SMILES string of the molecule is CCOCC(C)(O)c1cncc(OC)c1. The van der Waals surface area contributed by atoms with E-state index in [0.29, 0.717) is 17.9 Å². The van der Waals surface area contributed by atoms with Crippen LogP contribution in [0.4, 0.5) is 0 Å². The Labute approximate surface area is 89.9 Å². The van der Waals surface area contributed by atoms with Gasteiger partial charge in [0, 0.05) is 18.4 Å². The molecule has 4 nitrogen and oxygen atoms in total. The van der Waals surface area contributed by atoms with E-state index in [-0.39, 0.29) is 6.61 Å². The summed E-state index contributed by atoms with van der Waals surface area (Å²) in [7, 11) is 1.57. The molecule has 4 heteroatoms. The Hall–Kier alpha value is -1.13. The summed E-state index contributed by atoms with van der Waals surface area (Å²) in [6.07, 6.45) is 3.21. The third-order valence-electron chi connectivity index (χ3n) is 2.16. The zero-order valence-electron chi connectivity index (χ0n) is 9.36. The number of aliphatic hydroxyl groups is 1. The van der Waals surface area contributed by atoms with Crippen LogP contribution in [0.3, 0.4) is 0 Å². The Balaban J connectivity index is 2.83. The van der Waals surface area contributed by atoms with E-state index in [1.54, 1.807) is 32.5 Å². The van der Waals surface area contributed by atoms with E-state index in [2.05, 4.69) is 4.98 Å². The number of hydrogen-bond acceptors (Lipinski definition) is 4. The molecular weight excluding hydrogens is 194 g/mol. The Bertz CT molecular complexity index is 312. The molecule has 0 aliphatic carbocycles. The molecule has 0 aliphatic rings. The second kappa shape index (κ2) is 5.09. The maximum Gasteiger partial charge on any atom is 0.137 e. The molecule has 1 N–H and O–H groups in total. The van der Waals surface area contributed by atoms with Gasteiger partial charge in [-0.3, -0.25) is 4.98 Å². The van der Waals surface area contributed by atoms with E-state index < -0.39 is 5.60 Å². The van der Waals surface area contributed by atoms with Crippen molar-refractivity contribution in [3.63, 3.8) is 0 Å². The standard InChI is InChI=1S/C11H17NO3/c1-4-15-8-11(2,13)9-5-10(14-3)7-12-6-9/h5-7,13H,4,8H2,1-3H3. The van der Waals surface area contributed by atoms with Gasteiger partial charge in [0.25, 0.3) is 0 Å². The summed E-state index contributed by atoms with van der Waals surface area (Å²) in [5, 5.41) is 10.1. The molecule has 1 aromatic rings. The van der Waals surface area contributed by atoms with Crippen molar-refractivity contribution >= 4 is 0 Å². The lowest BCUT2D eigenvalue weighted by molar-refractivity contribution is -0.0346. The fourth-order valence-electron chi connectivity index (χ4n) is 1.21. The predicted molar refractivity (Wildman–Crippen MR) is 56.9 cm³/mol. The first-order chi connectivity index (χ1) is 7.10. The number of pyridine rings is 1. The summed E-state index contributed by atoms with van der Waals surface area (Å²) in [5.41, 5.74) is -0.340. The number of nitrogens with zero attached hydrogens (tertiary/aromatic N) is 1. The summed E-state index contributed by atoms with van der Waals surface area (Å²) in [4.78, 5) is 3.99. The number of rotatable bonds is 5. The van der Waals surface area contributed by atoms with Crippen LogP contribution in [0.5, 0.6) is 5.75 Å². The van der Waals surface area contributed by atoms with Crippen molar-refractivity contribution in [2.75, 3.05) is 20.3 Å². The third kappa shape index (κ3) is 3.18. The van der Waals surface area contributed by atoms with Gasteiger partial charge in [-0.15, -0.1) is 0 Å². The van der Waals surface area contributed by atoms with Crippen LogP contribution in [-0.4, -0.2) is 30.4 Å². The molecule has 0 spiro atoms. The molecule has 0 radical (unpaired) electrons. The van der Waals surface area contributed by atoms with Gasteiger partial charge in [-0.1, -0.05) is 0 Å². The fraction of sp³-hybridized carbons (Fsp3) is 0.545. The van der Waals surface area contributed by atoms with E-state index in [4.69, 9.17) is 9.47 Å². The molecule has 1 aromatic heterocycles. The van der Waals surface area contributed by atoms with Crippen molar-refractivity contribution in [3.8, 4) is 5.75 Å². The molecule has 0 saturated heterocycles. The van der Waals surface area contributed by atoms with Gasteiger partial charge in [0.2, 0.25) is 0 Å². The lowest BCUT2D eigenvalue weighted by atomic mass is 9.99. The molecule has 0 fully saturated rings. The minimum Gasteiger partial charge on any atom is -0.495 e. The first kappa shape index (κ1) is 11.9. The van der Waals surface area contributed by atoms with Gasteiger partial charge in [-0.25, -0.2) is 0 Å². The summed E-state index contributed by atoms with van der Waals surface area (Å²) in [5.74, 6) is 0.629. The first-order valence-electron chi connectivity index (χ1n) is 4.90. The minimum absolute atomic E-state index is 0.248. The van der Waals surface area contributed by atoms with Gasteiger partial charge in [-0.2, -0.15) is 0 Å². The Morgan fingerprint density at radius 2 is 2.20 bits per heavy atom. The third-order valence-corrected chi connectivity index (χ3v) is 2.16. The van der Waals surface area contributed by atoms with E-state index in [0.717, 1.165) is 0 Å². The zero-order valence-corrected chi connectivity index (χ0v) is 9.36. The van der Waals surface area contributed by atoms with Gasteiger partial charge < -0.3 is 14.6 Å². The van der Waals surface area contributed by atoms with Crippen LogP contribution in [0.1, 0.15) is 19.4 Å². The summed E-state index contributed by atoms with van der Waals surface area (Å²) in [6.45, 7) is 4.41. The molecule has 1 heterocycles. The molecule has 1 atom stereocenters. The van der Waals surface area contributed by atoms with Crippen LogP contribution in [0, 0.1) is 0 Å². The van der Waals surface area contributed by atoms with Crippen molar-refractivity contribution in [1.82, 2.24) is 4.98 Å². The van der Waals surface area contributed by atoms with Gasteiger partial charge in [0.05, 0.1) is 19.9 Å². The molecule has 84 valence electrons. The first-order valence-corrected chi connectivity index (χ1v) is 4.90. The summed E-state index contributed by atoms with van der Waals surface area (Å²) >= 11 is 0. The molecule has 0 aliphatic heterocycles. The number of methoxy groups -OCH3 is 1. The maximum absolute atomic E-state index is 10.1. The zero-order chi connectivity index (χ0) is 11.3. The second-order valence-corrected chi connectivity index (χ2v) is 3.52. The highest BCUT2D eigenvalue weighted by Crippen LogP contribution is 2.23. The van der Waals surface area contributed by atoms with E-state index in [9.17, 15) is 5.11 Å². The van der Waals surface area contributed by atoms with Crippen LogP contribution < -0.4 is 4.74 Å². The van der Waals surface area contributed by atoms with Gasteiger partial charge in [0.15, 0.2) is 0 Å². The number of aromatic nitrogens is 1. The highest BCUT2D eigenvalue weighted by molar-refractivity contribution is 5.27. The van der Waals surface area contributed by atoms with Crippen molar-refractivity contribution in [1.29, 1.82) is 0 Å². The highest BCUT2D eigenvalue weighted by Gasteiger charge is 2.24. The average Bonchev–Trinajstić information content (AvgIpc) is 2.26. The molecule has 15 heavy (non-hydrogen) atoms. The van der Waals surface area contributed by atoms with Crippen LogP contribution >= 0.6 is 0 Å². The topological polar surface area (TPSA) is 51.6 Å². The number of ether oxygens (including phenoxy) is 2. The van der Waals surface area contributed by atoms with Gasteiger partial charge >= 0.3 is 0 Å². The Morgan fingerprint density at radius 1 is 1.47 bits per heavy atom. The molecule has 1 rings (SSSR count). The minimum atomic E-state index is -1.03. The van der Waals surface area contributed by atoms with Crippen molar-refractivity contribution in [2.24, 2.45) is 0 Å². The lowest BCUT2D eigenvalue weighted by Crippen LogP contribution is -2.28. The monoisotopic (exact) mass is 211 g/mol. The average molecular weight is 211 g/mol. The molecule has 0 bridgehead atoms. The van der Waals surface area contributed by atoms with Crippen molar-refractivity contribution in [2.45, 2.75) is 19.4 Å². The molecule has 0 amide bonds. The fourth-order valence-corrected chi connectivity index (χ4v) is 1.21. The van der Waals surface area contributed by atoms with Crippen LogP contribution in [0.25, 0.3) is 0 Å². The Morgan fingerprint density at radius 3 is 2.80 bits per heavy atom. The molecular formula is C11H17NO3. The van der Waals surface area contributed by atoms with Crippen LogP contribution in [0.2, 0.25) is 0 Å². The number of hydrogen-bond donors (Lipinski definition) is 1. The Kier molecular flexibility index (Phi) is 4.05. The maximum atomic E-state index is 10.1. The van der Waals surface area contributed by atoms with Gasteiger partial charge in [-0.05, 0) is 19.9 Å². The molecule has 0 aromatic carbocycles. The molecule has 1 unspecified atom stereocenters. The normalized spacial score (nSPS) is 14.7. The largest absolute Gasteiger partial charge is 0.495 e. The predicted octanol–water partition coefficient (Wildman–Crippen LogP) is 1.33. The van der Waals surface area contributed by atoms with Crippen molar-refractivity contribution in [3.05, 3.63) is 24.0 Å². The van der Waals surface area contributed by atoms with E-state index in [1.807, 2.05) is 6.92 Å². The second-order valence-electron chi connectivity index (χ2n) is 3.52. The quantitative estimate of drug-likeness (QED) is 0.798. The summed E-state index contributed by atoms with van der Waals surface area (Å²) in [6, 6.07) is 1.76. The van der Waals surface area contributed by atoms with E-state index in [1.165, 1.54) is 0 Å².